The summed E-state index contributed by atoms with van der Waals surface area (Å²) in [4.78, 5) is 0. The van der Waals surface area contributed by atoms with Gasteiger partial charge in [-0.05, 0) is 74.6 Å². The normalized spacial score (nSPS) is 12.5. The molecule has 0 amide bonds. The van der Waals surface area contributed by atoms with Gasteiger partial charge in [0.05, 0.1) is 13.2 Å². The second-order valence-corrected chi connectivity index (χ2v) is 10.4. The third-order valence-electron chi connectivity index (χ3n) is 7.85. The van der Waals surface area contributed by atoms with E-state index in [9.17, 15) is 10.2 Å². The molecule has 5 heteroatoms. The Hall–Kier alpha value is -4.84. The lowest BCUT2D eigenvalue weighted by molar-refractivity contribution is 0.201. The summed E-state index contributed by atoms with van der Waals surface area (Å²) >= 11 is 0. The number of aliphatic hydroxyl groups excluding tert-OH is 2. The molecule has 0 atom stereocenters. The standard InChI is InChI=1S/C37H30O5/c38-18-20-40-29-12-14-31-27(22-29)10-16-33-36(31)35(26-8-6-25(7-9-26)24-4-2-1-3-5-24)37-32-15-13-30(41-21-19-39)23-28(32)11-17-34(37)42-33/h1-17,22-23,35,38-39H,18-21H2. The minimum Gasteiger partial charge on any atom is -0.491 e. The Morgan fingerprint density at radius 3 is 1.60 bits per heavy atom. The van der Waals surface area contributed by atoms with Crippen LogP contribution in [0.4, 0.5) is 0 Å². The van der Waals surface area contributed by atoms with Crippen LogP contribution in [0.25, 0.3) is 32.7 Å². The van der Waals surface area contributed by atoms with E-state index in [-0.39, 0.29) is 32.3 Å². The second kappa shape index (κ2) is 11.2. The zero-order valence-electron chi connectivity index (χ0n) is 23.0. The van der Waals surface area contributed by atoms with Gasteiger partial charge in [-0.1, -0.05) is 78.9 Å². The number of ether oxygens (including phenoxy) is 3. The Kier molecular flexibility index (Phi) is 6.96. The first-order valence-electron chi connectivity index (χ1n) is 14.2. The topological polar surface area (TPSA) is 68.2 Å². The highest BCUT2D eigenvalue weighted by Gasteiger charge is 2.32. The Morgan fingerprint density at radius 2 is 1.07 bits per heavy atom. The van der Waals surface area contributed by atoms with E-state index >= 15 is 0 Å². The SMILES string of the molecule is OCCOc1ccc2c3c(ccc2c1)Oc1ccc2cc(OCCO)ccc2c1C3c1ccc(-c2ccccc2)cc1. The van der Waals surface area contributed by atoms with Gasteiger partial charge in [0, 0.05) is 17.0 Å². The molecule has 0 saturated carbocycles. The first kappa shape index (κ1) is 26.1. The Bertz CT molecular complexity index is 1780. The molecule has 0 saturated heterocycles. The number of rotatable bonds is 8. The van der Waals surface area contributed by atoms with Gasteiger partial charge in [-0.25, -0.2) is 0 Å². The van der Waals surface area contributed by atoms with Gasteiger partial charge in [-0.2, -0.15) is 0 Å². The van der Waals surface area contributed by atoms with Crippen molar-refractivity contribution in [2.45, 2.75) is 5.92 Å². The minimum absolute atomic E-state index is 0.0340. The summed E-state index contributed by atoms with van der Waals surface area (Å²) in [6.45, 7) is 0.431. The molecule has 0 bridgehead atoms. The predicted molar refractivity (Wildman–Crippen MR) is 166 cm³/mol. The highest BCUT2D eigenvalue weighted by atomic mass is 16.5. The maximum atomic E-state index is 9.23. The van der Waals surface area contributed by atoms with Gasteiger partial charge in [0.15, 0.2) is 0 Å². The molecular weight excluding hydrogens is 524 g/mol. The molecule has 0 radical (unpaired) electrons. The largest absolute Gasteiger partial charge is 0.491 e. The quantitative estimate of drug-likeness (QED) is 0.202. The second-order valence-electron chi connectivity index (χ2n) is 10.4. The molecule has 1 aliphatic heterocycles. The molecule has 0 aromatic heterocycles. The molecule has 0 fully saturated rings. The number of hydrogen-bond donors (Lipinski definition) is 2. The minimum atomic E-state index is -0.0885. The van der Waals surface area contributed by atoms with Crippen LogP contribution in [0.5, 0.6) is 23.0 Å². The Balaban J connectivity index is 1.42. The molecule has 7 rings (SSSR count). The molecule has 5 nitrogen and oxygen atoms in total. The lowest BCUT2D eigenvalue weighted by atomic mass is 9.78. The fourth-order valence-corrected chi connectivity index (χ4v) is 6.00. The van der Waals surface area contributed by atoms with Gasteiger partial charge < -0.3 is 24.4 Å². The van der Waals surface area contributed by atoms with Crippen LogP contribution in [0.2, 0.25) is 0 Å². The van der Waals surface area contributed by atoms with E-state index in [1.165, 1.54) is 16.7 Å². The van der Waals surface area contributed by atoms with E-state index < -0.39 is 0 Å². The van der Waals surface area contributed by atoms with Crippen LogP contribution in [-0.2, 0) is 0 Å². The molecule has 6 aromatic rings. The van der Waals surface area contributed by atoms with Crippen molar-refractivity contribution >= 4 is 21.5 Å². The highest BCUT2D eigenvalue weighted by molar-refractivity contribution is 5.96. The Labute approximate surface area is 244 Å². The molecule has 1 heterocycles. The van der Waals surface area contributed by atoms with Crippen LogP contribution >= 0.6 is 0 Å². The van der Waals surface area contributed by atoms with E-state index in [0.717, 1.165) is 55.7 Å². The first-order chi connectivity index (χ1) is 20.7. The molecule has 6 aromatic carbocycles. The smallest absolute Gasteiger partial charge is 0.132 e. The van der Waals surface area contributed by atoms with Gasteiger partial charge in [-0.15, -0.1) is 0 Å². The van der Waals surface area contributed by atoms with E-state index in [1.807, 2.05) is 42.5 Å². The van der Waals surface area contributed by atoms with Crippen LogP contribution < -0.4 is 14.2 Å². The molecule has 208 valence electrons. The van der Waals surface area contributed by atoms with Crippen molar-refractivity contribution in [1.82, 2.24) is 0 Å². The molecule has 42 heavy (non-hydrogen) atoms. The van der Waals surface area contributed by atoms with Gasteiger partial charge in [0.2, 0.25) is 0 Å². The average Bonchev–Trinajstić information content (AvgIpc) is 3.05. The summed E-state index contributed by atoms with van der Waals surface area (Å²) < 4.78 is 18.0. The monoisotopic (exact) mass is 554 g/mol. The average molecular weight is 555 g/mol. The summed E-state index contributed by atoms with van der Waals surface area (Å²) in [6.07, 6.45) is 0. The molecule has 0 unspecified atom stereocenters. The predicted octanol–water partition coefficient (Wildman–Crippen LogP) is 7.69. The lowest BCUT2D eigenvalue weighted by Gasteiger charge is -2.31. The van der Waals surface area contributed by atoms with E-state index in [1.54, 1.807) is 0 Å². The first-order valence-corrected chi connectivity index (χ1v) is 14.2. The van der Waals surface area contributed by atoms with Crippen LogP contribution in [0.3, 0.4) is 0 Å². The van der Waals surface area contributed by atoms with Crippen molar-refractivity contribution in [3.8, 4) is 34.1 Å². The fourth-order valence-electron chi connectivity index (χ4n) is 6.00. The van der Waals surface area contributed by atoms with E-state index in [2.05, 4.69) is 72.8 Å². The summed E-state index contributed by atoms with van der Waals surface area (Å²) in [5.41, 5.74) is 5.72. The summed E-state index contributed by atoms with van der Waals surface area (Å²) in [5, 5.41) is 22.7. The van der Waals surface area contributed by atoms with E-state index in [0.29, 0.717) is 0 Å². The zero-order valence-corrected chi connectivity index (χ0v) is 23.0. The summed E-state index contributed by atoms with van der Waals surface area (Å²) in [5.74, 6) is 3.02. The van der Waals surface area contributed by atoms with E-state index in [4.69, 9.17) is 14.2 Å². The van der Waals surface area contributed by atoms with Crippen molar-refractivity contribution in [3.63, 3.8) is 0 Å². The molecule has 1 aliphatic rings. The van der Waals surface area contributed by atoms with Gasteiger partial charge in [-0.3, -0.25) is 0 Å². The molecule has 0 aliphatic carbocycles. The van der Waals surface area contributed by atoms with Crippen molar-refractivity contribution in [2.75, 3.05) is 26.4 Å². The van der Waals surface area contributed by atoms with Crippen LogP contribution in [0, 0.1) is 0 Å². The van der Waals surface area contributed by atoms with Crippen molar-refractivity contribution in [1.29, 1.82) is 0 Å². The Morgan fingerprint density at radius 1 is 0.548 bits per heavy atom. The molecule has 0 spiro atoms. The van der Waals surface area contributed by atoms with Crippen LogP contribution in [-0.4, -0.2) is 36.6 Å². The fraction of sp³-hybridized carbons (Fsp3) is 0.135. The van der Waals surface area contributed by atoms with Crippen molar-refractivity contribution in [2.24, 2.45) is 0 Å². The summed E-state index contributed by atoms with van der Waals surface area (Å²) in [6, 6.07) is 39.6. The molecular formula is C37H30O5. The van der Waals surface area contributed by atoms with Gasteiger partial charge >= 0.3 is 0 Å². The third kappa shape index (κ3) is 4.73. The number of hydrogen-bond acceptors (Lipinski definition) is 5. The third-order valence-corrected chi connectivity index (χ3v) is 7.85. The van der Waals surface area contributed by atoms with Gasteiger partial charge in [0.25, 0.3) is 0 Å². The zero-order chi connectivity index (χ0) is 28.5. The van der Waals surface area contributed by atoms with Crippen LogP contribution in [0.1, 0.15) is 22.6 Å². The lowest BCUT2D eigenvalue weighted by Crippen LogP contribution is -2.13. The van der Waals surface area contributed by atoms with Crippen molar-refractivity contribution in [3.05, 3.63) is 132 Å². The molecule has 2 N–H and O–H groups in total. The maximum Gasteiger partial charge on any atom is 0.132 e. The van der Waals surface area contributed by atoms with Crippen LogP contribution in [0.15, 0.2) is 115 Å². The van der Waals surface area contributed by atoms with Crippen molar-refractivity contribution < 1.29 is 24.4 Å². The summed E-state index contributed by atoms with van der Waals surface area (Å²) in [7, 11) is 0. The number of fused-ring (bicyclic) bond motifs is 6. The number of aliphatic hydroxyl groups is 2. The number of benzene rings is 6. The highest BCUT2D eigenvalue weighted by Crippen LogP contribution is 2.52. The van der Waals surface area contributed by atoms with Gasteiger partial charge in [0.1, 0.15) is 36.2 Å². The maximum absolute atomic E-state index is 9.23.